The lowest BCUT2D eigenvalue weighted by Gasteiger charge is -2.11. The summed E-state index contributed by atoms with van der Waals surface area (Å²) in [4.78, 5) is 12.1. The lowest BCUT2D eigenvalue weighted by atomic mass is 10.1. The Morgan fingerprint density at radius 2 is 1.65 bits per heavy atom. The Morgan fingerprint density at radius 1 is 1.04 bits per heavy atom. The van der Waals surface area contributed by atoms with Crippen molar-refractivity contribution >= 4 is 21.6 Å². The van der Waals surface area contributed by atoms with E-state index in [0.717, 1.165) is 6.42 Å². The van der Waals surface area contributed by atoms with Crippen molar-refractivity contribution in [2.45, 2.75) is 38.1 Å². The molecular weight excluding hydrogens is 352 g/mol. The number of sulfonamides is 1. The fourth-order valence-corrected chi connectivity index (χ4v) is 3.51. The summed E-state index contributed by atoms with van der Waals surface area (Å²) in [7, 11) is -3.54. The van der Waals surface area contributed by atoms with E-state index in [1.165, 1.54) is 29.8 Å². The minimum atomic E-state index is -3.54. The van der Waals surface area contributed by atoms with Gasteiger partial charge in [0.15, 0.2) is 6.61 Å². The molecule has 6 nitrogen and oxygen atoms in total. The molecule has 0 aromatic heterocycles. The number of carbonyl (C=O) groups is 1. The van der Waals surface area contributed by atoms with Gasteiger partial charge in [-0.2, -0.15) is 0 Å². The van der Waals surface area contributed by atoms with Crippen molar-refractivity contribution in [3.8, 4) is 5.75 Å². The number of hydrogen-bond donors (Lipinski definition) is 2. The van der Waals surface area contributed by atoms with E-state index >= 15 is 0 Å². The fraction of sp³-hybridized carbons (Fsp3) is 0.316. The van der Waals surface area contributed by atoms with Gasteiger partial charge in [-0.3, -0.25) is 4.79 Å². The predicted octanol–water partition coefficient (Wildman–Crippen LogP) is 2.95. The maximum absolute atomic E-state index is 12.1. The van der Waals surface area contributed by atoms with Gasteiger partial charge < -0.3 is 10.1 Å². The molecule has 2 rings (SSSR count). The monoisotopic (exact) mass is 376 g/mol. The van der Waals surface area contributed by atoms with E-state index in [9.17, 15) is 13.2 Å². The Labute approximate surface area is 154 Å². The van der Waals surface area contributed by atoms with Gasteiger partial charge in [-0.05, 0) is 62.2 Å². The van der Waals surface area contributed by atoms with Crippen LogP contribution in [0.2, 0.25) is 0 Å². The van der Waals surface area contributed by atoms with Crippen molar-refractivity contribution in [1.82, 2.24) is 4.72 Å². The molecule has 0 aliphatic rings. The maximum Gasteiger partial charge on any atom is 0.262 e. The number of ether oxygens (including phenoxy) is 1. The van der Waals surface area contributed by atoms with Crippen molar-refractivity contribution in [3.63, 3.8) is 0 Å². The first-order valence-corrected chi connectivity index (χ1v) is 9.92. The molecule has 7 heteroatoms. The molecule has 0 saturated carbocycles. The lowest BCUT2D eigenvalue weighted by Crippen LogP contribution is -2.30. The molecule has 2 N–H and O–H groups in total. The van der Waals surface area contributed by atoms with Crippen molar-refractivity contribution < 1.29 is 17.9 Å². The first kappa shape index (κ1) is 19.9. The molecule has 0 atom stereocenters. The van der Waals surface area contributed by atoms with Crippen LogP contribution in [0.1, 0.15) is 26.3 Å². The van der Waals surface area contributed by atoms with Crippen molar-refractivity contribution in [2.24, 2.45) is 0 Å². The molecule has 0 saturated heterocycles. The number of benzene rings is 2. The van der Waals surface area contributed by atoms with Crippen LogP contribution in [0.3, 0.4) is 0 Å². The Bertz CT molecular complexity index is 829. The third-order valence-corrected chi connectivity index (χ3v) is 5.22. The van der Waals surface area contributed by atoms with Gasteiger partial charge in [-0.25, -0.2) is 13.1 Å². The summed E-state index contributed by atoms with van der Waals surface area (Å²) >= 11 is 0. The molecule has 0 aliphatic carbocycles. The topological polar surface area (TPSA) is 84.5 Å². The summed E-state index contributed by atoms with van der Waals surface area (Å²) in [6.45, 7) is 5.41. The highest BCUT2D eigenvalue weighted by atomic mass is 32.2. The normalized spacial score (nSPS) is 11.4. The average molecular weight is 376 g/mol. The third kappa shape index (κ3) is 5.86. The molecule has 0 bridgehead atoms. The van der Waals surface area contributed by atoms with Gasteiger partial charge in [0.05, 0.1) is 4.90 Å². The van der Waals surface area contributed by atoms with Crippen LogP contribution in [0.5, 0.6) is 5.75 Å². The standard InChI is InChI=1S/C19H24N2O4S/c1-4-15-5-7-16(8-6-15)20-19(22)13-25-17-9-11-18(12-10-17)26(23,24)21-14(2)3/h5-12,14,21H,4,13H2,1-3H3,(H,20,22). The third-order valence-electron chi connectivity index (χ3n) is 3.54. The van der Waals surface area contributed by atoms with Crippen LogP contribution in [0.4, 0.5) is 5.69 Å². The largest absolute Gasteiger partial charge is 0.484 e. The Morgan fingerprint density at radius 3 is 2.19 bits per heavy atom. The highest BCUT2D eigenvalue weighted by Crippen LogP contribution is 2.16. The zero-order valence-corrected chi connectivity index (χ0v) is 16.0. The van der Waals surface area contributed by atoms with Gasteiger partial charge in [0.1, 0.15) is 5.75 Å². The first-order valence-electron chi connectivity index (χ1n) is 8.44. The van der Waals surface area contributed by atoms with Crippen LogP contribution in [0.15, 0.2) is 53.4 Å². The number of rotatable bonds is 8. The Hall–Kier alpha value is -2.38. The number of aryl methyl sites for hydroxylation is 1. The zero-order valence-electron chi connectivity index (χ0n) is 15.2. The van der Waals surface area contributed by atoms with Gasteiger partial charge in [-0.1, -0.05) is 19.1 Å². The molecule has 0 radical (unpaired) electrons. The van der Waals surface area contributed by atoms with Crippen LogP contribution in [-0.4, -0.2) is 27.0 Å². The van der Waals surface area contributed by atoms with E-state index in [1.807, 2.05) is 24.3 Å². The second kappa shape index (κ2) is 8.82. The van der Waals surface area contributed by atoms with Crippen LogP contribution in [0.25, 0.3) is 0 Å². The van der Waals surface area contributed by atoms with Gasteiger partial charge >= 0.3 is 0 Å². The highest BCUT2D eigenvalue weighted by Gasteiger charge is 2.15. The van der Waals surface area contributed by atoms with Gasteiger partial charge in [0, 0.05) is 11.7 Å². The quantitative estimate of drug-likeness (QED) is 0.742. The van der Waals surface area contributed by atoms with E-state index in [2.05, 4.69) is 17.0 Å². The van der Waals surface area contributed by atoms with Crippen LogP contribution >= 0.6 is 0 Å². The molecule has 26 heavy (non-hydrogen) atoms. The van der Waals surface area contributed by atoms with Crippen molar-refractivity contribution in [1.29, 1.82) is 0 Å². The van der Waals surface area contributed by atoms with E-state index in [1.54, 1.807) is 13.8 Å². The highest BCUT2D eigenvalue weighted by molar-refractivity contribution is 7.89. The minimum Gasteiger partial charge on any atom is -0.484 e. The number of carbonyl (C=O) groups excluding carboxylic acids is 1. The van der Waals surface area contributed by atoms with Crippen LogP contribution in [-0.2, 0) is 21.2 Å². The summed E-state index contributed by atoms with van der Waals surface area (Å²) < 4.78 is 32.0. The van der Waals surface area contributed by atoms with Crippen molar-refractivity contribution in [2.75, 3.05) is 11.9 Å². The SMILES string of the molecule is CCc1ccc(NC(=O)COc2ccc(S(=O)(=O)NC(C)C)cc2)cc1. The van der Waals surface area contributed by atoms with E-state index in [-0.39, 0.29) is 23.5 Å². The Balaban J connectivity index is 1.89. The smallest absolute Gasteiger partial charge is 0.262 e. The maximum atomic E-state index is 12.1. The van der Waals surface area contributed by atoms with Crippen molar-refractivity contribution in [3.05, 3.63) is 54.1 Å². The molecule has 0 unspecified atom stereocenters. The van der Waals surface area contributed by atoms with E-state index in [4.69, 9.17) is 4.74 Å². The molecule has 0 fully saturated rings. The average Bonchev–Trinajstić information content (AvgIpc) is 2.60. The summed E-state index contributed by atoms with van der Waals surface area (Å²) in [5.41, 5.74) is 1.90. The van der Waals surface area contributed by atoms with Gasteiger partial charge in [0.25, 0.3) is 5.91 Å². The fourth-order valence-electron chi connectivity index (χ4n) is 2.26. The van der Waals surface area contributed by atoms with Gasteiger partial charge in [-0.15, -0.1) is 0 Å². The number of anilines is 1. The first-order chi connectivity index (χ1) is 12.3. The van der Waals surface area contributed by atoms with Gasteiger partial charge in [0.2, 0.25) is 10.0 Å². The summed E-state index contributed by atoms with van der Waals surface area (Å²) in [6.07, 6.45) is 0.940. The molecule has 0 aliphatic heterocycles. The summed E-state index contributed by atoms with van der Waals surface area (Å²) in [5, 5.41) is 2.75. The Kier molecular flexibility index (Phi) is 6.76. The molecule has 0 spiro atoms. The lowest BCUT2D eigenvalue weighted by molar-refractivity contribution is -0.118. The number of nitrogens with one attached hydrogen (secondary N) is 2. The second-order valence-electron chi connectivity index (χ2n) is 6.13. The second-order valence-corrected chi connectivity index (χ2v) is 7.85. The summed E-state index contributed by atoms with van der Waals surface area (Å²) in [6, 6.07) is 13.4. The zero-order chi connectivity index (χ0) is 19.2. The number of amides is 1. The molecular formula is C19H24N2O4S. The molecule has 140 valence electrons. The van der Waals surface area contributed by atoms with E-state index in [0.29, 0.717) is 11.4 Å². The molecule has 2 aromatic rings. The van der Waals surface area contributed by atoms with Crippen LogP contribution < -0.4 is 14.8 Å². The van der Waals surface area contributed by atoms with Crippen LogP contribution in [0, 0.1) is 0 Å². The molecule has 1 amide bonds. The molecule has 2 aromatic carbocycles. The number of hydrogen-bond acceptors (Lipinski definition) is 4. The summed E-state index contributed by atoms with van der Waals surface area (Å²) in [5.74, 6) is 0.136. The predicted molar refractivity (Wildman–Crippen MR) is 102 cm³/mol. The minimum absolute atomic E-state index is 0.152. The van der Waals surface area contributed by atoms with E-state index < -0.39 is 10.0 Å². The molecule has 0 heterocycles.